The van der Waals surface area contributed by atoms with Crippen LogP contribution in [0.15, 0.2) is 0 Å². The Labute approximate surface area is 101 Å². The lowest BCUT2D eigenvalue weighted by Gasteiger charge is -2.20. The maximum absolute atomic E-state index is 11.7. The van der Waals surface area contributed by atoms with Crippen LogP contribution in [-0.2, 0) is 4.79 Å². The van der Waals surface area contributed by atoms with Crippen LogP contribution in [0.2, 0.25) is 0 Å². The maximum Gasteiger partial charge on any atom is 0.326 e. The lowest BCUT2D eigenvalue weighted by atomic mass is 10.1. The van der Waals surface area contributed by atoms with E-state index in [0.717, 1.165) is 0 Å². The molecule has 0 aromatic rings. The fourth-order valence-corrected chi connectivity index (χ4v) is 2.22. The van der Waals surface area contributed by atoms with E-state index in [1.54, 1.807) is 6.92 Å². The summed E-state index contributed by atoms with van der Waals surface area (Å²) in [5.41, 5.74) is 0. The fraction of sp³-hybridized carbons (Fsp3) is 0.833. The summed E-state index contributed by atoms with van der Waals surface area (Å²) in [5, 5.41) is 14.3. The van der Waals surface area contributed by atoms with E-state index in [4.69, 9.17) is 5.11 Å². The van der Waals surface area contributed by atoms with Gasteiger partial charge in [0.05, 0.1) is 0 Å². The molecule has 0 aromatic carbocycles. The van der Waals surface area contributed by atoms with Crippen LogP contribution in [0, 0.1) is 11.8 Å². The van der Waals surface area contributed by atoms with Gasteiger partial charge in [0.15, 0.2) is 0 Å². The van der Waals surface area contributed by atoms with Gasteiger partial charge < -0.3 is 15.7 Å². The molecule has 0 radical (unpaired) electrons. The van der Waals surface area contributed by atoms with Crippen molar-refractivity contribution in [3.05, 3.63) is 0 Å². The summed E-state index contributed by atoms with van der Waals surface area (Å²) in [6, 6.07) is -0.849. The highest BCUT2D eigenvalue weighted by molar-refractivity contribution is 5.82. The third-order valence-corrected chi connectivity index (χ3v) is 3.57. The van der Waals surface area contributed by atoms with Gasteiger partial charge in [-0.2, -0.15) is 0 Å². The van der Waals surface area contributed by atoms with Crippen molar-refractivity contribution in [2.75, 3.05) is 0 Å². The normalized spacial score (nSPS) is 21.1. The highest BCUT2D eigenvalue weighted by Crippen LogP contribution is 2.44. The van der Waals surface area contributed by atoms with E-state index in [2.05, 4.69) is 10.6 Å². The Hall–Kier alpha value is -1.26. The number of hydrogen-bond donors (Lipinski definition) is 3. The predicted octanol–water partition coefficient (Wildman–Crippen LogP) is 1.34. The first-order chi connectivity index (χ1) is 8.11. The number of carbonyl (C=O) groups is 2. The Morgan fingerprint density at radius 1 is 1.18 bits per heavy atom. The van der Waals surface area contributed by atoms with Gasteiger partial charge in [0.1, 0.15) is 6.04 Å². The molecule has 5 nitrogen and oxygen atoms in total. The Morgan fingerprint density at radius 2 is 1.71 bits per heavy atom. The first-order valence-electron chi connectivity index (χ1n) is 6.41. The van der Waals surface area contributed by atoms with E-state index >= 15 is 0 Å². The van der Waals surface area contributed by atoms with Crippen molar-refractivity contribution >= 4 is 12.0 Å². The minimum Gasteiger partial charge on any atom is -0.480 e. The molecule has 0 unspecified atom stereocenters. The van der Waals surface area contributed by atoms with Gasteiger partial charge in [-0.3, -0.25) is 0 Å². The lowest BCUT2D eigenvalue weighted by molar-refractivity contribution is -0.139. The number of rotatable bonds is 6. The van der Waals surface area contributed by atoms with E-state index in [0.29, 0.717) is 18.3 Å². The van der Waals surface area contributed by atoms with Crippen LogP contribution in [0.4, 0.5) is 4.79 Å². The predicted molar refractivity (Wildman–Crippen MR) is 62.6 cm³/mol. The molecule has 2 amide bonds. The zero-order valence-corrected chi connectivity index (χ0v) is 10.1. The molecule has 17 heavy (non-hydrogen) atoms. The Bertz CT molecular complexity index is 299. The molecule has 3 N–H and O–H groups in total. The first kappa shape index (κ1) is 12.2. The standard InChI is InChI=1S/C12H20N2O3/c1-2-9(11(15)16)13-12(17)14-10(7-3-4-7)8-5-6-8/h7-10H,2-6H2,1H3,(H,15,16)(H2,13,14,17)/t9-/m0/s1. The van der Waals surface area contributed by atoms with Gasteiger partial charge in [-0.25, -0.2) is 9.59 Å². The van der Waals surface area contributed by atoms with Crippen LogP contribution in [0.1, 0.15) is 39.0 Å². The van der Waals surface area contributed by atoms with Gasteiger partial charge in [0.25, 0.3) is 0 Å². The highest BCUT2D eigenvalue weighted by atomic mass is 16.4. The summed E-state index contributed by atoms with van der Waals surface area (Å²) in [5.74, 6) is 0.272. The van der Waals surface area contributed by atoms with E-state index in [-0.39, 0.29) is 12.1 Å². The van der Waals surface area contributed by atoms with Gasteiger partial charge >= 0.3 is 12.0 Å². The van der Waals surface area contributed by atoms with Crippen LogP contribution in [0.3, 0.4) is 0 Å². The van der Waals surface area contributed by atoms with E-state index in [9.17, 15) is 9.59 Å². The molecular weight excluding hydrogens is 220 g/mol. The minimum atomic E-state index is -0.975. The molecule has 5 heteroatoms. The van der Waals surface area contributed by atoms with Crippen molar-refractivity contribution in [1.29, 1.82) is 0 Å². The topological polar surface area (TPSA) is 78.4 Å². The van der Waals surface area contributed by atoms with E-state index in [1.165, 1.54) is 25.7 Å². The number of nitrogens with one attached hydrogen (secondary N) is 2. The second-order valence-corrected chi connectivity index (χ2v) is 5.12. The zero-order chi connectivity index (χ0) is 12.4. The molecule has 0 heterocycles. The molecule has 2 aliphatic rings. The maximum atomic E-state index is 11.7. The summed E-state index contributed by atoms with van der Waals surface area (Å²) in [7, 11) is 0. The van der Waals surface area contributed by atoms with Crippen molar-refractivity contribution in [2.45, 2.75) is 51.1 Å². The molecule has 0 aliphatic heterocycles. The summed E-state index contributed by atoms with van der Waals surface area (Å²) < 4.78 is 0. The van der Waals surface area contributed by atoms with E-state index in [1.807, 2.05) is 0 Å². The SMILES string of the molecule is CC[C@H](NC(=O)NC(C1CC1)C1CC1)C(=O)O. The highest BCUT2D eigenvalue weighted by Gasteiger charge is 2.42. The molecule has 0 aromatic heterocycles. The average Bonchev–Trinajstić information content (AvgIpc) is 3.16. The summed E-state index contributed by atoms with van der Waals surface area (Å²) in [6.07, 6.45) is 5.17. The van der Waals surface area contributed by atoms with Gasteiger partial charge in [0.2, 0.25) is 0 Å². The van der Waals surface area contributed by atoms with Crippen LogP contribution >= 0.6 is 0 Å². The first-order valence-corrected chi connectivity index (χ1v) is 6.41. The average molecular weight is 240 g/mol. The quantitative estimate of drug-likeness (QED) is 0.655. The number of aliphatic carboxylic acids is 1. The Kier molecular flexibility index (Phi) is 3.54. The van der Waals surface area contributed by atoms with Crippen LogP contribution in [-0.4, -0.2) is 29.2 Å². The molecule has 96 valence electrons. The molecule has 2 fully saturated rings. The molecule has 0 saturated heterocycles. The lowest BCUT2D eigenvalue weighted by Crippen LogP contribution is -2.50. The zero-order valence-electron chi connectivity index (χ0n) is 10.1. The number of urea groups is 1. The molecule has 2 rings (SSSR count). The number of hydrogen-bond acceptors (Lipinski definition) is 2. The summed E-state index contributed by atoms with van der Waals surface area (Å²) in [4.78, 5) is 22.5. The second kappa shape index (κ2) is 4.94. The third kappa shape index (κ3) is 3.35. The molecular formula is C12H20N2O3. The summed E-state index contributed by atoms with van der Waals surface area (Å²) >= 11 is 0. The van der Waals surface area contributed by atoms with Crippen LogP contribution in [0.5, 0.6) is 0 Å². The van der Waals surface area contributed by atoms with Crippen molar-refractivity contribution in [3.8, 4) is 0 Å². The van der Waals surface area contributed by atoms with Gasteiger partial charge in [-0.1, -0.05) is 6.92 Å². The monoisotopic (exact) mass is 240 g/mol. The van der Waals surface area contributed by atoms with E-state index < -0.39 is 12.0 Å². The fourth-order valence-electron chi connectivity index (χ4n) is 2.22. The second-order valence-electron chi connectivity index (χ2n) is 5.12. The van der Waals surface area contributed by atoms with Crippen LogP contribution < -0.4 is 10.6 Å². The molecule has 2 saturated carbocycles. The van der Waals surface area contributed by atoms with Crippen molar-refractivity contribution in [2.24, 2.45) is 11.8 Å². The van der Waals surface area contributed by atoms with Gasteiger partial charge in [-0.05, 0) is 43.9 Å². The summed E-state index contributed by atoms with van der Waals surface area (Å²) in [6.45, 7) is 1.75. The number of carboxylic acid groups (broad SMARTS) is 1. The van der Waals surface area contributed by atoms with Gasteiger partial charge in [0, 0.05) is 6.04 Å². The number of carboxylic acids is 1. The Balaban J connectivity index is 1.80. The Morgan fingerprint density at radius 3 is 2.06 bits per heavy atom. The van der Waals surface area contributed by atoms with Crippen molar-refractivity contribution in [1.82, 2.24) is 10.6 Å². The van der Waals surface area contributed by atoms with Gasteiger partial charge in [-0.15, -0.1) is 0 Å². The smallest absolute Gasteiger partial charge is 0.326 e. The molecule has 0 bridgehead atoms. The van der Waals surface area contributed by atoms with Crippen molar-refractivity contribution in [3.63, 3.8) is 0 Å². The minimum absolute atomic E-state index is 0.265. The van der Waals surface area contributed by atoms with Crippen molar-refractivity contribution < 1.29 is 14.7 Å². The number of carbonyl (C=O) groups excluding carboxylic acids is 1. The molecule has 1 atom stereocenters. The number of amides is 2. The third-order valence-electron chi connectivity index (χ3n) is 3.57. The largest absolute Gasteiger partial charge is 0.480 e. The molecule has 2 aliphatic carbocycles. The van der Waals surface area contributed by atoms with Crippen LogP contribution in [0.25, 0.3) is 0 Å². The molecule has 0 spiro atoms.